The summed E-state index contributed by atoms with van der Waals surface area (Å²) in [5, 5.41) is 1.19. The number of hydrogen-bond donors (Lipinski definition) is 1. The molecule has 1 aromatic heterocycles. The fourth-order valence-electron chi connectivity index (χ4n) is 1.13. The van der Waals surface area contributed by atoms with Gasteiger partial charge in [0.05, 0.1) is 5.02 Å². The van der Waals surface area contributed by atoms with Crippen molar-refractivity contribution in [1.82, 2.24) is 9.97 Å². The lowest BCUT2D eigenvalue weighted by atomic mass is 10.4. The summed E-state index contributed by atoms with van der Waals surface area (Å²) >= 11 is 7.34. The van der Waals surface area contributed by atoms with Crippen LogP contribution in [0.1, 0.15) is 5.56 Å². The van der Waals surface area contributed by atoms with Crippen LogP contribution in [0.15, 0.2) is 45.3 Å². The van der Waals surface area contributed by atoms with Gasteiger partial charge in [-0.15, -0.1) is 0 Å². The predicted octanol–water partition coefficient (Wildman–Crippen LogP) is 2.88. The van der Waals surface area contributed by atoms with Crippen LogP contribution in [0.2, 0.25) is 5.02 Å². The quantitative estimate of drug-likeness (QED) is 0.836. The van der Waals surface area contributed by atoms with Gasteiger partial charge in [0.2, 0.25) is 0 Å². The molecule has 0 saturated carbocycles. The van der Waals surface area contributed by atoms with E-state index in [-0.39, 0.29) is 5.56 Å². The molecule has 16 heavy (non-hydrogen) atoms. The molecule has 0 bridgehead atoms. The molecule has 82 valence electrons. The number of aromatic amines is 1. The monoisotopic (exact) mass is 252 g/mol. The first-order valence-electron chi connectivity index (χ1n) is 4.65. The molecule has 0 spiro atoms. The normalized spacial score (nSPS) is 10.4. The first kappa shape index (κ1) is 11.2. The fraction of sp³-hybridized carbons (Fsp3) is 0.0909. The first-order chi connectivity index (χ1) is 7.66. The second-order valence-electron chi connectivity index (χ2n) is 3.23. The molecule has 0 saturated heterocycles. The number of halogens is 1. The van der Waals surface area contributed by atoms with E-state index in [1.807, 2.05) is 18.2 Å². The van der Waals surface area contributed by atoms with Gasteiger partial charge >= 0.3 is 0 Å². The molecule has 0 aliphatic carbocycles. The minimum absolute atomic E-state index is 0.121. The molecular weight excluding hydrogens is 244 g/mol. The number of benzene rings is 1. The second kappa shape index (κ2) is 4.72. The van der Waals surface area contributed by atoms with Crippen LogP contribution in [-0.4, -0.2) is 9.97 Å². The van der Waals surface area contributed by atoms with E-state index in [9.17, 15) is 4.79 Å². The summed E-state index contributed by atoms with van der Waals surface area (Å²) in [5.74, 6) is 0. The van der Waals surface area contributed by atoms with E-state index >= 15 is 0 Å². The maximum absolute atomic E-state index is 11.4. The third-order valence-electron chi connectivity index (χ3n) is 2.00. The van der Waals surface area contributed by atoms with Crippen LogP contribution >= 0.6 is 23.4 Å². The Morgan fingerprint density at radius 1 is 1.38 bits per heavy atom. The molecule has 0 aliphatic heterocycles. The van der Waals surface area contributed by atoms with E-state index < -0.39 is 0 Å². The Labute approximate surface area is 102 Å². The summed E-state index contributed by atoms with van der Waals surface area (Å²) < 4.78 is 0. The third-order valence-corrected chi connectivity index (χ3v) is 3.42. The predicted molar refractivity (Wildman–Crippen MR) is 65.2 cm³/mol. The Bertz CT molecular complexity index is 568. The molecule has 0 radical (unpaired) electrons. The lowest BCUT2D eigenvalue weighted by molar-refractivity contribution is 0.917. The summed E-state index contributed by atoms with van der Waals surface area (Å²) in [6, 6.07) is 7.43. The van der Waals surface area contributed by atoms with Crippen LogP contribution in [0.4, 0.5) is 0 Å². The zero-order valence-electron chi connectivity index (χ0n) is 8.53. The van der Waals surface area contributed by atoms with Crippen molar-refractivity contribution in [2.24, 2.45) is 0 Å². The van der Waals surface area contributed by atoms with Gasteiger partial charge in [0.1, 0.15) is 0 Å². The largest absolute Gasteiger partial charge is 0.301 e. The van der Waals surface area contributed by atoms with Gasteiger partial charge in [-0.3, -0.25) is 4.79 Å². The van der Waals surface area contributed by atoms with Gasteiger partial charge < -0.3 is 4.98 Å². The summed E-state index contributed by atoms with van der Waals surface area (Å²) in [6.45, 7) is 1.72. The first-order valence-corrected chi connectivity index (χ1v) is 5.84. The number of hydrogen-bond acceptors (Lipinski definition) is 3. The summed E-state index contributed by atoms with van der Waals surface area (Å²) in [6.07, 6.45) is 1.55. The van der Waals surface area contributed by atoms with E-state index in [0.29, 0.717) is 15.7 Å². The lowest BCUT2D eigenvalue weighted by Crippen LogP contribution is -2.10. The van der Waals surface area contributed by atoms with Gasteiger partial charge in [-0.2, -0.15) is 0 Å². The highest BCUT2D eigenvalue weighted by Gasteiger charge is 2.04. The standard InChI is InChI=1S/C11H9ClN2OS/c1-7-6-13-11(14-10(7)15)16-9-5-3-2-4-8(9)12/h2-6H,1H3,(H,13,14,15). The van der Waals surface area contributed by atoms with E-state index in [0.717, 1.165) is 4.90 Å². The van der Waals surface area contributed by atoms with Gasteiger partial charge in [0.15, 0.2) is 5.16 Å². The molecule has 0 unspecified atom stereocenters. The molecule has 0 aliphatic rings. The van der Waals surface area contributed by atoms with Crippen LogP contribution in [0.3, 0.4) is 0 Å². The van der Waals surface area contributed by atoms with Crippen LogP contribution in [0.5, 0.6) is 0 Å². The maximum atomic E-state index is 11.4. The number of aryl methyl sites for hydroxylation is 1. The van der Waals surface area contributed by atoms with Crippen LogP contribution in [0, 0.1) is 6.92 Å². The fourth-order valence-corrected chi connectivity index (χ4v) is 2.15. The summed E-state index contributed by atoms with van der Waals surface area (Å²) in [7, 11) is 0. The Kier molecular flexibility index (Phi) is 3.31. The highest BCUT2D eigenvalue weighted by Crippen LogP contribution is 2.30. The van der Waals surface area contributed by atoms with Crippen molar-refractivity contribution < 1.29 is 0 Å². The number of nitrogens with one attached hydrogen (secondary N) is 1. The zero-order chi connectivity index (χ0) is 11.5. The van der Waals surface area contributed by atoms with E-state index in [2.05, 4.69) is 9.97 Å². The van der Waals surface area contributed by atoms with Gasteiger partial charge in [0, 0.05) is 16.7 Å². The van der Waals surface area contributed by atoms with Crippen molar-refractivity contribution in [3.8, 4) is 0 Å². The Hall–Kier alpha value is -1.26. The molecule has 3 nitrogen and oxygen atoms in total. The average molecular weight is 253 g/mol. The molecule has 1 N–H and O–H groups in total. The van der Waals surface area contributed by atoms with Crippen molar-refractivity contribution in [2.75, 3.05) is 0 Å². The molecule has 2 aromatic rings. The second-order valence-corrected chi connectivity index (χ2v) is 4.67. The van der Waals surface area contributed by atoms with Crippen molar-refractivity contribution in [3.63, 3.8) is 0 Å². The Balaban J connectivity index is 2.31. The Morgan fingerprint density at radius 2 is 2.12 bits per heavy atom. The topological polar surface area (TPSA) is 45.8 Å². The summed E-state index contributed by atoms with van der Waals surface area (Å²) in [4.78, 5) is 19.1. The molecule has 0 atom stereocenters. The number of H-pyrrole nitrogens is 1. The number of nitrogens with zero attached hydrogens (tertiary/aromatic N) is 1. The minimum Gasteiger partial charge on any atom is -0.301 e. The van der Waals surface area contributed by atoms with Crippen molar-refractivity contribution in [2.45, 2.75) is 17.0 Å². The van der Waals surface area contributed by atoms with Crippen LogP contribution in [-0.2, 0) is 0 Å². The van der Waals surface area contributed by atoms with Crippen LogP contribution in [0.25, 0.3) is 0 Å². The highest BCUT2D eigenvalue weighted by atomic mass is 35.5. The van der Waals surface area contributed by atoms with Crippen molar-refractivity contribution in [1.29, 1.82) is 0 Å². The lowest BCUT2D eigenvalue weighted by Gasteiger charge is -2.02. The maximum Gasteiger partial charge on any atom is 0.254 e. The molecule has 5 heteroatoms. The molecular formula is C11H9ClN2OS. The van der Waals surface area contributed by atoms with Gasteiger partial charge in [-0.1, -0.05) is 35.5 Å². The van der Waals surface area contributed by atoms with Gasteiger partial charge in [-0.05, 0) is 19.1 Å². The molecule has 2 rings (SSSR count). The highest BCUT2D eigenvalue weighted by molar-refractivity contribution is 7.99. The van der Waals surface area contributed by atoms with Gasteiger partial charge in [0.25, 0.3) is 5.56 Å². The third kappa shape index (κ3) is 2.46. The zero-order valence-corrected chi connectivity index (χ0v) is 10.1. The van der Waals surface area contributed by atoms with Crippen molar-refractivity contribution in [3.05, 3.63) is 51.4 Å². The summed E-state index contributed by atoms with van der Waals surface area (Å²) in [5.41, 5.74) is 0.480. The molecule has 1 aromatic carbocycles. The van der Waals surface area contributed by atoms with E-state index in [1.54, 1.807) is 19.2 Å². The van der Waals surface area contributed by atoms with E-state index in [1.165, 1.54) is 11.8 Å². The average Bonchev–Trinajstić information content (AvgIpc) is 2.27. The van der Waals surface area contributed by atoms with Crippen molar-refractivity contribution >= 4 is 23.4 Å². The van der Waals surface area contributed by atoms with Gasteiger partial charge in [-0.25, -0.2) is 4.98 Å². The molecule has 0 amide bonds. The SMILES string of the molecule is Cc1cnc(Sc2ccccc2Cl)[nH]c1=O. The molecule has 0 fully saturated rings. The number of rotatable bonds is 2. The van der Waals surface area contributed by atoms with E-state index in [4.69, 9.17) is 11.6 Å². The Morgan fingerprint density at radius 3 is 2.81 bits per heavy atom. The molecule has 1 heterocycles. The van der Waals surface area contributed by atoms with Crippen LogP contribution < -0.4 is 5.56 Å². The number of aromatic nitrogens is 2. The minimum atomic E-state index is -0.121. The smallest absolute Gasteiger partial charge is 0.254 e.